The van der Waals surface area contributed by atoms with Crippen molar-refractivity contribution in [2.24, 2.45) is 5.41 Å². The number of carbonyl (C=O) groups is 2. The van der Waals surface area contributed by atoms with Gasteiger partial charge in [0.15, 0.2) is 14.0 Å². The summed E-state index contributed by atoms with van der Waals surface area (Å²) in [6.45, 7) is 28.3. The molecule has 0 fully saturated rings. The number of hydrogen-bond acceptors (Lipinski definition) is 12. The fourth-order valence-electron chi connectivity index (χ4n) is 6.06. The van der Waals surface area contributed by atoms with Gasteiger partial charge in [0.2, 0.25) is 5.43 Å². The van der Waals surface area contributed by atoms with Crippen LogP contribution in [0.15, 0.2) is 46.8 Å². The SMILES string of the molecule is CCNC(=O)Nc1cc(-c2nc(C(F)(F)F)cs2)c(-c2ccc3c(c2)c(=O)c(C(=O)OCCOP(=O)(OC(C)(C)C)OC(C)(C)C)cn3[C@H](CO[Si](C)(C)C(C)(C)C)C(C)(C)C)cn1. The average molecular weight is 954 g/mol. The number of rotatable bonds is 15. The molecule has 0 saturated carbocycles. The molecule has 0 aliphatic rings. The van der Waals surface area contributed by atoms with Crippen LogP contribution in [0, 0.1) is 5.41 Å². The van der Waals surface area contributed by atoms with Crippen LogP contribution >= 0.6 is 19.2 Å². The van der Waals surface area contributed by atoms with Crippen LogP contribution in [0.3, 0.4) is 0 Å². The number of pyridine rings is 2. The van der Waals surface area contributed by atoms with Crippen molar-refractivity contribution in [2.45, 2.75) is 132 Å². The van der Waals surface area contributed by atoms with Crippen LogP contribution < -0.4 is 16.1 Å². The lowest BCUT2D eigenvalue weighted by Gasteiger charge is -2.40. The summed E-state index contributed by atoms with van der Waals surface area (Å²) < 4.78 is 86.1. The molecule has 2 amide bonds. The first kappa shape index (κ1) is 52.6. The normalized spacial score (nSPS) is 13.8. The number of nitrogens with zero attached hydrogens (tertiary/aromatic N) is 3. The van der Waals surface area contributed by atoms with Crippen molar-refractivity contribution in [3.05, 3.63) is 63.5 Å². The maximum Gasteiger partial charge on any atom is 0.475 e. The molecule has 20 heteroatoms. The molecule has 1 aromatic carbocycles. The summed E-state index contributed by atoms with van der Waals surface area (Å²) >= 11 is 0.755. The smallest absolute Gasteiger partial charge is 0.459 e. The monoisotopic (exact) mass is 953 g/mol. The molecule has 1 atom stereocenters. The number of anilines is 1. The zero-order chi connectivity index (χ0) is 48.4. The van der Waals surface area contributed by atoms with Crippen molar-refractivity contribution >= 4 is 56.2 Å². The van der Waals surface area contributed by atoms with Gasteiger partial charge >= 0.3 is 26.0 Å². The summed E-state index contributed by atoms with van der Waals surface area (Å²) in [4.78, 5) is 49.3. The van der Waals surface area contributed by atoms with E-state index < -0.39 is 74.7 Å². The number of esters is 1. The van der Waals surface area contributed by atoms with Crippen LogP contribution in [0.4, 0.5) is 23.8 Å². The zero-order valence-corrected chi connectivity index (χ0v) is 42.2. The number of nitrogens with one attached hydrogen (secondary N) is 2. The van der Waals surface area contributed by atoms with Gasteiger partial charge in [-0.05, 0) is 95.8 Å². The van der Waals surface area contributed by atoms with E-state index >= 15 is 0 Å². The summed E-state index contributed by atoms with van der Waals surface area (Å²) in [5.41, 5.74) is -3.09. The van der Waals surface area contributed by atoms with Gasteiger partial charge in [-0.2, -0.15) is 13.2 Å². The molecule has 4 aromatic rings. The minimum absolute atomic E-state index is 0.0124. The molecule has 0 aliphatic carbocycles. The Morgan fingerprint density at radius 3 is 2.08 bits per heavy atom. The number of alkyl halides is 3. The number of phosphoric ester groups is 1. The lowest BCUT2D eigenvalue weighted by Crippen LogP contribution is -2.43. The second-order valence-corrected chi connectivity index (χ2v) is 27.1. The number of urea groups is 1. The van der Waals surface area contributed by atoms with Crippen molar-refractivity contribution in [2.75, 3.05) is 31.7 Å². The number of phosphoric acid groups is 1. The Morgan fingerprint density at radius 1 is 0.922 bits per heavy atom. The number of halogens is 3. The van der Waals surface area contributed by atoms with Crippen molar-refractivity contribution < 1.29 is 50.1 Å². The first-order valence-electron chi connectivity index (χ1n) is 20.9. The van der Waals surface area contributed by atoms with Crippen LogP contribution in [-0.2, 0) is 33.5 Å². The van der Waals surface area contributed by atoms with E-state index in [0.717, 1.165) is 16.7 Å². The summed E-state index contributed by atoms with van der Waals surface area (Å²) in [6.07, 6.45) is -1.88. The van der Waals surface area contributed by atoms with E-state index in [1.807, 2.05) is 25.3 Å². The Morgan fingerprint density at radius 2 is 1.55 bits per heavy atom. The largest absolute Gasteiger partial charge is 0.475 e. The molecule has 2 N–H and O–H groups in total. The molecule has 3 aromatic heterocycles. The molecular formula is C44H63F3N5O9PSSi. The lowest BCUT2D eigenvalue weighted by atomic mass is 9.86. The van der Waals surface area contributed by atoms with Gasteiger partial charge in [0.1, 0.15) is 23.0 Å². The third-order valence-electron chi connectivity index (χ3n) is 10.2. The second-order valence-electron chi connectivity index (χ2n) is 19.9. The van der Waals surface area contributed by atoms with Gasteiger partial charge in [-0.3, -0.25) is 23.7 Å². The predicted molar refractivity (Wildman–Crippen MR) is 247 cm³/mol. The van der Waals surface area contributed by atoms with Gasteiger partial charge in [-0.25, -0.2) is 24.1 Å². The number of fused-ring (bicyclic) bond motifs is 1. The van der Waals surface area contributed by atoms with Gasteiger partial charge in [-0.15, -0.1) is 11.3 Å². The van der Waals surface area contributed by atoms with Gasteiger partial charge in [0.25, 0.3) is 0 Å². The van der Waals surface area contributed by atoms with Gasteiger partial charge in [0, 0.05) is 40.8 Å². The average Bonchev–Trinajstić information content (AvgIpc) is 3.63. The Bertz CT molecular complexity index is 2410. The zero-order valence-electron chi connectivity index (χ0n) is 39.5. The first-order valence-corrected chi connectivity index (χ1v) is 26.1. The predicted octanol–water partition coefficient (Wildman–Crippen LogP) is 11.9. The summed E-state index contributed by atoms with van der Waals surface area (Å²) in [6, 6.07) is 5.35. The molecule has 0 radical (unpaired) electrons. The van der Waals surface area contributed by atoms with E-state index in [4.69, 9.17) is 22.7 Å². The van der Waals surface area contributed by atoms with Crippen LogP contribution in [-0.4, -0.2) is 72.4 Å². The molecule has 0 saturated heterocycles. The number of thiazole rings is 1. The van der Waals surface area contributed by atoms with Crippen LogP contribution in [0.5, 0.6) is 0 Å². The summed E-state index contributed by atoms with van der Waals surface area (Å²) in [7, 11) is -6.47. The third kappa shape index (κ3) is 13.8. The minimum atomic E-state index is -4.72. The number of hydrogen-bond donors (Lipinski definition) is 2. The standard InChI is InChI=1S/C44H63F3N5O9PSSi/c1-16-48-39(55)51-35-22-28(37-50-33(26-63-37)44(45,46)47)30(23-49-35)27-17-18-32-29(21-27)36(53)31(24-52(32)34(40(2,3)4)25-59-64(14,15)43(11,12)13)38(54)57-19-20-58-62(56,60-41(5,6)7)61-42(8,9)10/h17-18,21-24,26,34H,16,19-20,25H2,1-15H3,(H2,48,49,51,55)/t34-/m1/s1. The minimum Gasteiger partial charge on any atom is -0.459 e. The van der Waals surface area contributed by atoms with Crippen molar-refractivity contribution in [3.63, 3.8) is 0 Å². The molecule has 0 bridgehead atoms. The molecule has 0 spiro atoms. The first-order chi connectivity index (χ1) is 29.1. The number of amides is 2. The van der Waals surface area contributed by atoms with Crippen molar-refractivity contribution in [1.29, 1.82) is 0 Å². The highest BCUT2D eigenvalue weighted by Gasteiger charge is 2.40. The number of aromatic nitrogens is 3. The summed E-state index contributed by atoms with van der Waals surface area (Å²) in [5, 5.41) is 6.02. The van der Waals surface area contributed by atoms with Crippen LogP contribution in [0.25, 0.3) is 32.6 Å². The van der Waals surface area contributed by atoms with E-state index in [0.29, 0.717) is 23.2 Å². The fraction of sp³-hybridized carbons (Fsp3) is 0.568. The Balaban J connectivity index is 1.90. The van der Waals surface area contributed by atoms with E-state index in [2.05, 4.69) is 54.5 Å². The van der Waals surface area contributed by atoms with Gasteiger partial charge in [0.05, 0.1) is 36.0 Å². The van der Waals surface area contributed by atoms with E-state index in [1.165, 1.54) is 18.5 Å². The highest BCUT2D eigenvalue weighted by molar-refractivity contribution is 7.48. The molecule has 0 unspecified atom stereocenters. The van der Waals surface area contributed by atoms with Gasteiger partial charge in [-0.1, -0.05) is 47.6 Å². The third-order valence-corrected chi connectivity index (χ3v) is 17.6. The maximum atomic E-state index is 14.6. The topological polar surface area (TPSA) is 169 Å². The highest BCUT2D eigenvalue weighted by Crippen LogP contribution is 2.55. The Labute approximate surface area is 378 Å². The van der Waals surface area contributed by atoms with E-state index in [1.54, 1.807) is 66.7 Å². The molecule has 0 aliphatic heterocycles. The van der Waals surface area contributed by atoms with Crippen molar-refractivity contribution in [3.8, 4) is 21.7 Å². The van der Waals surface area contributed by atoms with Crippen molar-refractivity contribution in [1.82, 2.24) is 19.9 Å². The second kappa shape index (κ2) is 19.5. The number of ether oxygens (including phenoxy) is 1. The quantitative estimate of drug-likeness (QED) is 0.0503. The fourth-order valence-corrected chi connectivity index (χ4v) is 9.71. The maximum absolute atomic E-state index is 14.6. The van der Waals surface area contributed by atoms with Crippen LogP contribution in [0.1, 0.15) is 112 Å². The number of benzene rings is 1. The molecular weight excluding hydrogens is 891 g/mol. The van der Waals surface area contributed by atoms with Gasteiger partial charge < -0.3 is 19.0 Å². The van der Waals surface area contributed by atoms with Crippen LogP contribution in [0.2, 0.25) is 18.1 Å². The Hall–Kier alpha value is -3.97. The molecule has 4 rings (SSSR count). The lowest BCUT2D eigenvalue weighted by molar-refractivity contribution is -0.140. The molecule has 14 nitrogen and oxygen atoms in total. The van der Waals surface area contributed by atoms with E-state index in [-0.39, 0.29) is 45.6 Å². The number of carbonyl (C=O) groups excluding carboxylic acids is 2. The summed E-state index contributed by atoms with van der Waals surface area (Å²) in [5.74, 6) is -0.937. The molecule has 64 heavy (non-hydrogen) atoms. The molecule has 3 heterocycles. The van der Waals surface area contributed by atoms with E-state index in [9.17, 15) is 32.1 Å². The molecule has 354 valence electrons. The Kier molecular flexibility index (Phi) is 16.0. The highest BCUT2D eigenvalue weighted by atomic mass is 32.1.